The Hall–Kier alpha value is -1.33. The normalized spacial score (nSPS) is 16.9. The standard InChI is InChI=1S/C15H20N4O3S3/c1-10-14(24-15(16-10)17-11(2)20)12-4-5-13(23-12)25(21,22)19-8-6-18(3)7-9-19/h4-5H,6-9H2,1-3H3,(H,16,17,20). The molecular formula is C15H20N4O3S3. The number of rotatable bonds is 4. The zero-order valence-electron chi connectivity index (χ0n) is 14.3. The van der Waals surface area contributed by atoms with Gasteiger partial charge in [0.25, 0.3) is 10.0 Å². The van der Waals surface area contributed by atoms with Crippen LogP contribution in [0.5, 0.6) is 0 Å². The third-order valence-corrected chi connectivity index (χ3v) is 8.65. The molecule has 3 heterocycles. The van der Waals surface area contributed by atoms with Gasteiger partial charge in [-0.1, -0.05) is 11.3 Å². The minimum absolute atomic E-state index is 0.176. The Kier molecular flexibility index (Phi) is 5.26. The van der Waals surface area contributed by atoms with E-state index in [2.05, 4.69) is 15.2 Å². The Labute approximate surface area is 155 Å². The van der Waals surface area contributed by atoms with Gasteiger partial charge in [-0.15, -0.1) is 11.3 Å². The first-order valence-corrected chi connectivity index (χ1v) is 10.9. The summed E-state index contributed by atoms with van der Waals surface area (Å²) >= 11 is 2.60. The molecule has 1 amide bonds. The Morgan fingerprint density at radius 2 is 1.88 bits per heavy atom. The van der Waals surface area contributed by atoms with E-state index >= 15 is 0 Å². The molecule has 2 aromatic heterocycles. The van der Waals surface area contributed by atoms with E-state index in [0.717, 1.165) is 28.5 Å². The van der Waals surface area contributed by atoms with Crippen molar-refractivity contribution in [3.05, 3.63) is 17.8 Å². The van der Waals surface area contributed by atoms with Crippen molar-refractivity contribution < 1.29 is 13.2 Å². The number of piperazine rings is 1. The second kappa shape index (κ2) is 7.12. The van der Waals surface area contributed by atoms with Crippen LogP contribution in [0.4, 0.5) is 5.13 Å². The lowest BCUT2D eigenvalue weighted by molar-refractivity contribution is -0.114. The molecule has 0 atom stereocenters. The lowest BCUT2D eigenvalue weighted by Crippen LogP contribution is -2.46. The molecule has 25 heavy (non-hydrogen) atoms. The van der Waals surface area contributed by atoms with E-state index in [-0.39, 0.29) is 5.91 Å². The second-order valence-electron chi connectivity index (χ2n) is 5.94. The zero-order valence-corrected chi connectivity index (χ0v) is 16.7. The first kappa shape index (κ1) is 18.5. The number of aromatic nitrogens is 1. The average molecular weight is 401 g/mol. The summed E-state index contributed by atoms with van der Waals surface area (Å²) in [5.74, 6) is -0.176. The number of likely N-dealkylation sites (N-methyl/N-ethyl adjacent to an activating group) is 1. The molecule has 7 nitrogen and oxygen atoms in total. The number of anilines is 1. The van der Waals surface area contributed by atoms with E-state index < -0.39 is 10.0 Å². The summed E-state index contributed by atoms with van der Waals surface area (Å²) in [7, 11) is -1.47. The van der Waals surface area contributed by atoms with Crippen molar-refractivity contribution in [1.29, 1.82) is 0 Å². The Bertz CT molecular complexity index is 880. The SMILES string of the molecule is CC(=O)Nc1nc(C)c(-c2ccc(S(=O)(=O)N3CCN(C)CC3)s2)s1. The highest BCUT2D eigenvalue weighted by Crippen LogP contribution is 2.38. The number of hydrogen-bond donors (Lipinski definition) is 1. The van der Waals surface area contributed by atoms with E-state index in [0.29, 0.717) is 22.4 Å². The lowest BCUT2D eigenvalue weighted by Gasteiger charge is -2.31. The molecule has 3 rings (SSSR count). The van der Waals surface area contributed by atoms with Crippen molar-refractivity contribution in [1.82, 2.24) is 14.2 Å². The van der Waals surface area contributed by atoms with Crippen molar-refractivity contribution in [3.63, 3.8) is 0 Å². The third kappa shape index (κ3) is 3.93. The number of thiophene rings is 1. The Morgan fingerprint density at radius 3 is 2.52 bits per heavy atom. The van der Waals surface area contributed by atoms with Crippen LogP contribution in [0.25, 0.3) is 9.75 Å². The molecule has 1 fully saturated rings. The van der Waals surface area contributed by atoms with Crippen molar-refractivity contribution in [2.24, 2.45) is 0 Å². The van der Waals surface area contributed by atoms with Crippen molar-refractivity contribution in [2.75, 3.05) is 38.5 Å². The monoisotopic (exact) mass is 400 g/mol. The van der Waals surface area contributed by atoms with Crippen LogP contribution in [0.3, 0.4) is 0 Å². The average Bonchev–Trinajstić information content (AvgIpc) is 3.14. The largest absolute Gasteiger partial charge is 0.304 e. The number of thiazole rings is 1. The number of hydrogen-bond acceptors (Lipinski definition) is 7. The molecule has 1 N–H and O–H groups in total. The van der Waals surface area contributed by atoms with Crippen molar-refractivity contribution in [2.45, 2.75) is 18.1 Å². The van der Waals surface area contributed by atoms with Crippen LogP contribution in [0.1, 0.15) is 12.6 Å². The van der Waals surface area contributed by atoms with Crippen LogP contribution >= 0.6 is 22.7 Å². The van der Waals surface area contributed by atoms with E-state index in [1.165, 1.54) is 29.6 Å². The number of amides is 1. The van der Waals surface area contributed by atoms with E-state index in [1.807, 2.05) is 20.0 Å². The van der Waals surface area contributed by atoms with Gasteiger partial charge in [0.2, 0.25) is 5.91 Å². The van der Waals surface area contributed by atoms with Gasteiger partial charge in [0.05, 0.1) is 10.6 Å². The van der Waals surface area contributed by atoms with Gasteiger partial charge in [-0.2, -0.15) is 4.31 Å². The topological polar surface area (TPSA) is 82.6 Å². The van der Waals surface area contributed by atoms with Gasteiger partial charge in [-0.3, -0.25) is 4.79 Å². The molecule has 0 saturated carbocycles. The Morgan fingerprint density at radius 1 is 1.20 bits per heavy atom. The highest BCUT2D eigenvalue weighted by Gasteiger charge is 2.29. The molecule has 0 bridgehead atoms. The summed E-state index contributed by atoms with van der Waals surface area (Å²) in [6.07, 6.45) is 0. The molecule has 0 radical (unpaired) electrons. The minimum atomic E-state index is -3.46. The quantitative estimate of drug-likeness (QED) is 0.850. The smallest absolute Gasteiger partial charge is 0.252 e. The fourth-order valence-corrected chi connectivity index (χ4v) is 6.62. The maximum Gasteiger partial charge on any atom is 0.252 e. The summed E-state index contributed by atoms with van der Waals surface area (Å²) in [5.41, 5.74) is 0.777. The van der Waals surface area contributed by atoms with Gasteiger partial charge >= 0.3 is 0 Å². The maximum atomic E-state index is 12.8. The van der Waals surface area contributed by atoms with E-state index in [9.17, 15) is 13.2 Å². The molecule has 1 aliphatic heterocycles. The van der Waals surface area contributed by atoms with Crippen molar-refractivity contribution >= 4 is 43.7 Å². The van der Waals surface area contributed by atoms with Gasteiger partial charge in [0.15, 0.2) is 5.13 Å². The van der Waals surface area contributed by atoms with Gasteiger partial charge in [-0.25, -0.2) is 13.4 Å². The van der Waals surface area contributed by atoms with Gasteiger partial charge < -0.3 is 10.2 Å². The van der Waals surface area contributed by atoms with Crippen LogP contribution in [0.2, 0.25) is 0 Å². The lowest BCUT2D eigenvalue weighted by atomic mass is 10.3. The van der Waals surface area contributed by atoms with Crippen LogP contribution in [0, 0.1) is 6.92 Å². The fourth-order valence-electron chi connectivity index (χ4n) is 2.57. The van der Waals surface area contributed by atoms with E-state index in [4.69, 9.17) is 0 Å². The maximum absolute atomic E-state index is 12.8. The first-order valence-electron chi connectivity index (χ1n) is 7.81. The van der Waals surface area contributed by atoms with Gasteiger partial charge in [-0.05, 0) is 26.1 Å². The molecule has 0 aromatic carbocycles. The molecule has 0 aliphatic carbocycles. The first-order chi connectivity index (χ1) is 11.8. The number of nitrogens with zero attached hydrogens (tertiary/aromatic N) is 3. The van der Waals surface area contributed by atoms with Crippen LogP contribution in [-0.4, -0.2) is 61.7 Å². The third-order valence-electron chi connectivity index (χ3n) is 3.94. The molecular weight excluding hydrogens is 380 g/mol. The van der Waals surface area contributed by atoms with Crippen LogP contribution in [-0.2, 0) is 14.8 Å². The minimum Gasteiger partial charge on any atom is -0.304 e. The molecule has 2 aromatic rings. The predicted molar refractivity (Wildman–Crippen MR) is 101 cm³/mol. The number of carbonyl (C=O) groups excluding carboxylic acids is 1. The molecule has 1 aliphatic rings. The molecule has 0 unspecified atom stereocenters. The summed E-state index contributed by atoms with van der Waals surface area (Å²) < 4.78 is 27.5. The van der Waals surface area contributed by atoms with E-state index in [1.54, 1.807) is 10.4 Å². The van der Waals surface area contributed by atoms with Crippen molar-refractivity contribution in [3.8, 4) is 9.75 Å². The van der Waals surface area contributed by atoms with Crippen LogP contribution < -0.4 is 5.32 Å². The summed E-state index contributed by atoms with van der Waals surface area (Å²) in [6.45, 7) is 5.79. The summed E-state index contributed by atoms with van der Waals surface area (Å²) in [6, 6.07) is 3.47. The van der Waals surface area contributed by atoms with Gasteiger partial charge in [0, 0.05) is 38.0 Å². The predicted octanol–water partition coefficient (Wildman–Crippen LogP) is 2.07. The summed E-state index contributed by atoms with van der Waals surface area (Å²) in [4.78, 5) is 19.3. The molecule has 136 valence electrons. The zero-order chi connectivity index (χ0) is 18.2. The van der Waals surface area contributed by atoms with Gasteiger partial charge in [0.1, 0.15) is 4.21 Å². The number of nitrogens with one attached hydrogen (secondary N) is 1. The highest BCUT2D eigenvalue weighted by molar-refractivity contribution is 7.91. The number of carbonyl (C=O) groups is 1. The highest BCUT2D eigenvalue weighted by atomic mass is 32.2. The fraction of sp³-hybridized carbons (Fsp3) is 0.467. The molecule has 1 saturated heterocycles. The van der Waals surface area contributed by atoms with Crippen LogP contribution in [0.15, 0.2) is 16.3 Å². The Balaban J connectivity index is 1.85. The molecule has 0 spiro atoms. The molecule has 10 heteroatoms. The second-order valence-corrected chi connectivity index (χ2v) is 10.2. The summed E-state index contributed by atoms with van der Waals surface area (Å²) in [5, 5.41) is 3.20. The number of sulfonamides is 1. The number of aryl methyl sites for hydroxylation is 1.